The third-order valence-corrected chi connectivity index (χ3v) is 5.73. The summed E-state index contributed by atoms with van der Waals surface area (Å²) in [5.41, 5.74) is 1.71. The van der Waals surface area contributed by atoms with Crippen molar-refractivity contribution in [3.63, 3.8) is 0 Å². The first-order valence-corrected chi connectivity index (χ1v) is 11.5. The number of hydrogen-bond acceptors (Lipinski definition) is 3. The second-order valence-corrected chi connectivity index (χ2v) is 9.41. The maximum Gasteiger partial charge on any atom is 0.226 e. The summed E-state index contributed by atoms with van der Waals surface area (Å²) in [6.07, 6.45) is 4.86. The number of allylic oxidation sites excluding steroid dienone is 2. The molecule has 3 rings (SSSR count). The van der Waals surface area contributed by atoms with Gasteiger partial charge in [-0.1, -0.05) is 67.1 Å². The molecule has 2 aromatic rings. The van der Waals surface area contributed by atoms with Gasteiger partial charge in [-0.2, -0.15) is 4.72 Å². The van der Waals surface area contributed by atoms with Crippen LogP contribution in [-0.2, 0) is 21.2 Å². The van der Waals surface area contributed by atoms with Crippen molar-refractivity contribution in [2.45, 2.75) is 25.9 Å². The number of carbonyl (C=O) groups excluding carboxylic acids is 1. The summed E-state index contributed by atoms with van der Waals surface area (Å²) in [4.78, 5) is 13.0. The van der Waals surface area contributed by atoms with E-state index in [2.05, 4.69) is 10.0 Å². The molecule has 2 atom stereocenters. The zero-order chi connectivity index (χ0) is 21.9. The molecule has 30 heavy (non-hydrogen) atoms. The molecule has 1 amide bonds. The van der Waals surface area contributed by atoms with E-state index in [4.69, 9.17) is 0 Å². The minimum absolute atomic E-state index is 0.00897. The van der Waals surface area contributed by atoms with Gasteiger partial charge in [0.2, 0.25) is 15.9 Å². The molecule has 0 saturated carbocycles. The van der Waals surface area contributed by atoms with E-state index in [-0.39, 0.29) is 24.1 Å². The number of benzene rings is 2. The fraction of sp³-hybridized carbons (Fsp3) is 0.261. The molecule has 0 bridgehead atoms. The van der Waals surface area contributed by atoms with E-state index in [0.29, 0.717) is 11.1 Å². The molecule has 1 aliphatic carbocycles. The van der Waals surface area contributed by atoms with Crippen molar-refractivity contribution < 1.29 is 17.6 Å². The Bertz CT molecular complexity index is 1090. The van der Waals surface area contributed by atoms with Crippen LogP contribution in [0.25, 0.3) is 5.57 Å². The summed E-state index contributed by atoms with van der Waals surface area (Å²) in [6.45, 7) is 3.79. The van der Waals surface area contributed by atoms with E-state index < -0.39 is 15.7 Å². The van der Waals surface area contributed by atoms with Gasteiger partial charge in [-0.05, 0) is 30.2 Å². The van der Waals surface area contributed by atoms with Crippen LogP contribution in [-0.4, -0.2) is 26.2 Å². The van der Waals surface area contributed by atoms with Gasteiger partial charge in [0.05, 0.1) is 12.7 Å². The van der Waals surface area contributed by atoms with Crippen LogP contribution in [0, 0.1) is 11.7 Å². The standard InChI is InChI=1S/C23H25FN2O3S/c1-16-13-17(2)23(26-30(3,28)29,21(14-16)19-7-5-4-6-8-19)25-22(27)15-18-9-11-20(24)12-10-18/h4-14,17,26H,15H2,1-3H3,(H,25,27). The molecule has 1 aliphatic rings. The maximum atomic E-state index is 13.2. The van der Waals surface area contributed by atoms with E-state index in [1.165, 1.54) is 24.3 Å². The van der Waals surface area contributed by atoms with Crippen molar-refractivity contribution in [3.05, 3.63) is 89.3 Å². The van der Waals surface area contributed by atoms with Crippen LogP contribution in [0.3, 0.4) is 0 Å². The minimum atomic E-state index is -3.68. The van der Waals surface area contributed by atoms with Crippen LogP contribution in [0.4, 0.5) is 4.39 Å². The van der Waals surface area contributed by atoms with Gasteiger partial charge < -0.3 is 5.32 Å². The zero-order valence-corrected chi connectivity index (χ0v) is 18.0. The normalized spacial score (nSPS) is 21.5. The highest BCUT2D eigenvalue weighted by atomic mass is 32.2. The molecule has 5 nitrogen and oxygen atoms in total. The van der Waals surface area contributed by atoms with Gasteiger partial charge in [-0.25, -0.2) is 12.8 Å². The summed E-state index contributed by atoms with van der Waals surface area (Å²) in [5, 5.41) is 2.94. The molecule has 2 aromatic carbocycles. The van der Waals surface area contributed by atoms with Crippen molar-refractivity contribution in [2.75, 3.05) is 6.26 Å². The number of halogens is 1. The molecule has 0 aliphatic heterocycles. The summed E-state index contributed by atoms with van der Waals surface area (Å²) in [6, 6.07) is 15.0. The molecule has 2 unspecified atom stereocenters. The highest BCUT2D eigenvalue weighted by Gasteiger charge is 2.44. The summed E-state index contributed by atoms with van der Waals surface area (Å²) < 4.78 is 40.5. The second kappa shape index (κ2) is 8.53. The first-order chi connectivity index (χ1) is 14.1. The average Bonchev–Trinajstić information content (AvgIpc) is 2.66. The molecule has 0 fully saturated rings. The van der Waals surface area contributed by atoms with Gasteiger partial charge in [0, 0.05) is 11.5 Å². The lowest BCUT2D eigenvalue weighted by Crippen LogP contribution is -2.65. The maximum absolute atomic E-state index is 13.2. The molecular formula is C23H25FN2O3S. The molecule has 0 spiro atoms. The first-order valence-electron chi connectivity index (χ1n) is 9.59. The fourth-order valence-electron chi connectivity index (χ4n) is 3.78. The molecule has 0 radical (unpaired) electrons. The molecule has 7 heteroatoms. The van der Waals surface area contributed by atoms with Gasteiger partial charge >= 0.3 is 0 Å². The van der Waals surface area contributed by atoms with E-state index >= 15 is 0 Å². The molecule has 0 saturated heterocycles. The van der Waals surface area contributed by atoms with Crippen molar-refractivity contribution in [1.82, 2.24) is 10.0 Å². The number of hydrogen-bond donors (Lipinski definition) is 2. The Labute approximate surface area is 176 Å². The van der Waals surface area contributed by atoms with Crippen LogP contribution in [0.5, 0.6) is 0 Å². The zero-order valence-electron chi connectivity index (χ0n) is 17.1. The Kier molecular flexibility index (Phi) is 6.24. The Hall–Kier alpha value is -2.77. The van der Waals surface area contributed by atoms with Crippen LogP contribution in [0.1, 0.15) is 25.0 Å². The first kappa shape index (κ1) is 21.9. The van der Waals surface area contributed by atoms with Crippen LogP contribution < -0.4 is 10.0 Å². The largest absolute Gasteiger partial charge is 0.332 e. The number of nitrogens with one attached hydrogen (secondary N) is 2. The van der Waals surface area contributed by atoms with E-state index in [1.54, 1.807) is 0 Å². The predicted octanol–water partition coefficient (Wildman–Crippen LogP) is 3.41. The molecule has 0 heterocycles. The van der Waals surface area contributed by atoms with Gasteiger partial charge in [0.15, 0.2) is 0 Å². The second-order valence-electron chi connectivity index (χ2n) is 7.66. The van der Waals surface area contributed by atoms with Crippen molar-refractivity contribution >= 4 is 21.5 Å². The van der Waals surface area contributed by atoms with Crippen molar-refractivity contribution in [1.29, 1.82) is 0 Å². The van der Waals surface area contributed by atoms with Crippen LogP contribution in [0.2, 0.25) is 0 Å². The SMILES string of the molecule is CC1=CC(C)C(NC(=O)Cc2ccc(F)cc2)(NS(C)(=O)=O)C(c2ccccc2)=C1. The lowest BCUT2D eigenvalue weighted by Gasteiger charge is -2.43. The predicted molar refractivity (Wildman–Crippen MR) is 116 cm³/mol. The summed E-state index contributed by atoms with van der Waals surface area (Å²) in [7, 11) is -3.68. The Morgan fingerprint density at radius 3 is 2.33 bits per heavy atom. The molecule has 0 aromatic heterocycles. The minimum Gasteiger partial charge on any atom is -0.332 e. The Morgan fingerprint density at radius 1 is 1.10 bits per heavy atom. The number of carbonyl (C=O) groups is 1. The summed E-state index contributed by atoms with van der Waals surface area (Å²) >= 11 is 0. The topological polar surface area (TPSA) is 75.3 Å². The van der Waals surface area contributed by atoms with Crippen LogP contribution >= 0.6 is 0 Å². The fourth-order valence-corrected chi connectivity index (χ4v) is 4.71. The third-order valence-electron chi connectivity index (χ3n) is 5.04. The van der Waals surface area contributed by atoms with Gasteiger partial charge in [0.1, 0.15) is 11.5 Å². The highest BCUT2D eigenvalue weighted by Crippen LogP contribution is 2.38. The van der Waals surface area contributed by atoms with Gasteiger partial charge in [-0.15, -0.1) is 0 Å². The van der Waals surface area contributed by atoms with Gasteiger partial charge in [-0.3, -0.25) is 4.79 Å². The van der Waals surface area contributed by atoms with Gasteiger partial charge in [0.25, 0.3) is 0 Å². The average molecular weight is 429 g/mol. The third kappa shape index (κ3) is 5.04. The molecular weight excluding hydrogens is 403 g/mol. The summed E-state index contributed by atoms with van der Waals surface area (Å²) in [5.74, 6) is -1.12. The number of sulfonamides is 1. The molecule has 158 valence electrons. The smallest absolute Gasteiger partial charge is 0.226 e. The quantitative estimate of drug-likeness (QED) is 0.693. The number of rotatable bonds is 6. The van der Waals surface area contributed by atoms with E-state index in [9.17, 15) is 17.6 Å². The number of amides is 1. The van der Waals surface area contributed by atoms with Crippen molar-refractivity contribution in [2.24, 2.45) is 5.92 Å². The Morgan fingerprint density at radius 2 is 1.73 bits per heavy atom. The molecule has 2 N–H and O–H groups in total. The van der Waals surface area contributed by atoms with E-state index in [1.807, 2.05) is 56.3 Å². The lowest BCUT2D eigenvalue weighted by molar-refractivity contribution is -0.122. The highest BCUT2D eigenvalue weighted by molar-refractivity contribution is 7.88. The lowest BCUT2D eigenvalue weighted by atomic mass is 9.78. The monoisotopic (exact) mass is 428 g/mol. The Balaban J connectivity index is 2.04. The van der Waals surface area contributed by atoms with E-state index in [0.717, 1.165) is 17.4 Å². The van der Waals surface area contributed by atoms with Crippen molar-refractivity contribution in [3.8, 4) is 0 Å². The van der Waals surface area contributed by atoms with Crippen LogP contribution in [0.15, 0.2) is 72.3 Å².